The summed E-state index contributed by atoms with van der Waals surface area (Å²) in [6.07, 6.45) is 0. The molecule has 0 saturated heterocycles. The quantitative estimate of drug-likeness (QED) is 0.625. The standard InChI is InChI=1S/C22H25N3O3/c1-14(2)18-10-5-6-11-19(18)23-20(26)13-27-17-9-7-8-16(12-17)22-24-21(15(3)4)25-28-22/h5-12,14-15H,13H2,1-4H3,(H,23,26). The average Bonchev–Trinajstić information content (AvgIpc) is 3.17. The van der Waals surface area contributed by atoms with Crippen molar-refractivity contribution in [1.29, 1.82) is 0 Å². The number of benzene rings is 2. The molecular formula is C22H25N3O3. The van der Waals surface area contributed by atoms with Crippen molar-refractivity contribution < 1.29 is 14.1 Å². The van der Waals surface area contributed by atoms with E-state index in [0.717, 1.165) is 16.8 Å². The number of carbonyl (C=O) groups is 1. The summed E-state index contributed by atoms with van der Waals surface area (Å²) < 4.78 is 11.0. The molecule has 6 nitrogen and oxygen atoms in total. The molecule has 1 aromatic heterocycles. The number of anilines is 1. The third kappa shape index (κ3) is 4.76. The highest BCUT2D eigenvalue weighted by atomic mass is 16.5. The molecule has 2 aromatic carbocycles. The summed E-state index contributed by atoms with van der Waals surface area (Å²) in [5, 5.41) is 6.89. The smallest absolute Gasteiger partial charge is 0.262 e. The monoisotopic (exact) mass is 379 g/mol. The van der Waals surface area contributed by atoms with Crippen LogP contribution in [0.3, 0.4) is 0 Å². The summed E-state index contributed by atoms with van der Waals surface area (Å²) in [7, 11) is 0. The van der Waals surface area contributed by atoms with Crippen molar-refractivity contribution in [3.8, 4) is 17.2 Å². The van der Waals surface area contributed by atoms with Gasteiger partial charge in [0, 0.05) is 17.2 Å². The normalized spacial score (nSPS) is 11.1. The van der Waals surface area contributed by atoms with E-state index < -0.39 is 0 Å². The molecular weight excluding hydrogens is 354 g/mol. The zero-order valence-corrected chi connectivity index (χ0v) is 16.6. The van der Waals surface area contributed by atoms with Crippen molar-refractivity contribution in [2.45, 2.75) is 39.5 Å². The van der Waals surface area contributed by atoms with Gasteiger partial charge in [-0.3, -0.25) is 4.79 Å². The van der Waals surface area contributed by atoms with Crippen molar-refractivity contribution in [3.63, 3.8) is 0 Å². The van der Waals surface area contributed by atoms with Crippen LogP contribution in [0, 0.1) is 0 Å². The Hall–Kier alpha value is -3.15. The Bertz CT molecular complexity index is 947. The summed E-state index contributed by atoms with van der Waals surface area (Å²) in [5.41, 5.74) is 2.66. The first-order valence-electron chi connectivity index (χ1n) is 9.39. The van der Waals surface area contributed by atoms with Crippen LogP contribution in [0.5, 0.6) is 5.75 Å². The molecule has 3 aromatic rings. The largest absolute Gasteiger partial charge is 0.484 e. The molecule has 0 unspecified atom stereocenters. The Labute approximate surface area is 164 Å². The fourth-order valence-electron chi connectivity index (χ4n) is 2.76. The molecule has 0 bridgehead atoms. The Morgan fingerprint density at radius 2 is 1.86 bits per heavy atom. The maximum atomic E-state index is 12.3. The van der Waals surface area contributed by atoms with Gasteiger partial charge in [-0.15, -0.1) is 0 Å². The van der Waals surface area contributed by atoms with Crippen LogP contribution in [0.15, 0.2) is 53.1 Å². The number of carbonyl (C=O) groups excluding carboxylic acids is 1. The minimum atomic E-state index is -0.210. The molecule has 0 radical (unpaired) electrons. The van der Waals surface area contributed by atoms with E-state index in [1.807, 2.05) is 50.2 Å². The lowest BCUT2D eigenvalue weighted by atomic mass is 10.0. The first-order valence-corrected chi connectivity index (χ1v) is 9.39. The van der Waals surface area contributed by atoms with Gasteiger partial charge in [0.15, 0.2) is 12.4 Å². The van der Waals surface area contributed by atoms with E-state index in [1.165, 1.54) is 0 Å². The summed E-state index contributed by atoms with van der Waals surface area (Å²) in [6.45, 7) is 8.11. The van der Waals surface area contributed by atoms with Crippen molar-refractivity contribution in [2.24, 2.45) is 0 Å². The molecule has 0 fully saturated rings. The lowest BCUT2D eigenvalue weighted by Gasteiger charge is -2.14. The molecule has 1 N–H and O–H groups in total. The number of hydrogen-bond acceptors (Lipinski definition) is 5. The molecule has 0 aliphatic carbocycles. The van der Waals surface area contributed by atoms with Gasteiger partial charge in [0.1, 0.15) is 5.75 Å². The number of para-hydroxylation sites is 1. The van der Waals surface area contributed by atoms with Crippen LogP contribution in [0.4, 0.5) is 5.69 Å². The van der Waals surface area contributed by atoms with Crippen LogP contribution in [-0.2, 0) is 4.79 Å². The molecule has 1 heterocycles. The summed E-state index contributed by atoms with van der Waals surface area (Å²) in [5.74, 6) is 1.95. The predicted octanol–water partition coefficient (Wildman–Crippen LogP) is 5.00. The Balaban J connectivity index is 1.64. The molecule has 3 rings (SSSR count). The number of amides is 1. The van der Waals surface area contributed by atoms with Gasteiger partial charge in [0.25, 0.3) is 11.8 Å². The van der Waals surface area contributed by atoms with Gasteiger partial charge in [0.2, 0.25) is 0 Å². The first kappa shape index (κ1) is 19.6. The second kappa shape index (κ2) is 8.69. The van der Waals surface area contributed by atoms with E-state index >= 15 is 0 Å². The number of aromatic nitrogens is 2. The molecule has 0 spiro atoms. The van der Waals surface area contributed by atoms with Gasteiger partial charge in [-0.1, -0.05) is 57.1 Å². The predicted molar refractivity (Wildman–Crippen MR) is 108 cm³/mol. The van der Waals surface area contributed by atoms with E-state index in [4.69, 9.17) is 9.26 Å². The fraction of sp³-hybridized carbons (Fsp3) is 0.318. The third-order valence-electron chi connectivity index (χ3n) is 4.27. The number of rotatable bonds is 7. The topological polar surface area (TPSA) is 77.2 Å². The van der Waals surface area contributed by atoms with Gasteiger partial charge in [-0.05, 0) is 35.7 Å². The van der Waals surface area contributed by atoms with Crippen molar-refractivity contribution in [3.05, 3.63) is 59.9 Å². The molecule has 0 saturated carbocycles. The number of nitrogens with one attached hydrogen (secondary N) is 1. The van der Waals surface area contributed by atoms with Gasteiger partial charge in [0.05, 0.1) is 0 Å². The maximum Gasteiger partial charge on any atom is 0.262 e. The lowest BCUT2D eigenvalue weighted by Crippen LogP contribution is -2.21. The molecule has 28 heavy (non-hydrogen) atoms. The average molecular weight is 379 g/mol. The summed E-state index contributed by atoms with van der Waals surface area (Å²) in [4.78, 5) is 16.7. The van der Waals surface area contributed by atoms with Gasteiger partial charge in [-0.25, -0.2) is 0 Å². The van der Waals surface area contributed by atoms with Crippen LogP contribution < -0.4 is 10.1 Å². The lowest BCUT2D eigenvalue weighted by molar-refractivity contribution is -0.118. The zero-order chi connectivity index (χ0) is 20.1. The van der Waals surface area contributed by atoms with E-state index in [9.17, 15) is 4.79 Å². The summed E-state index contributed by atoms with van der Waals surface area (Å²) in [6, 6.07) is 15.1. The number of nitrogens with zero attached hydrogens (tertiary/aromatic N) is 2. The van der Waals surface area contributed by atoms with Crippen LogP contribution in [0.2, 0.25) is 0 Å². The molecule has 0 aliphatic heterocycles. The van der Waals surface area contributed by atoms with Crippen LogP contribution in [0.1, 0.15) is 50.9 Å². The van der Waals surface area contributed by atoms with E-state index in [-0.39, 0.29) is 18.4 Å². The minimum absolute atomic E-state index is 0.0863. The second-order valence-corrected chi connectivity index (χ2v) is 7.22. The molecule has 0 aliphatic rings. The van der Waals surface area contributed by atoms with E-state index in [0.29, 0.717) is 23.4 Å². The van der Waals surface area contributed by atoms with Gasteiger partial charge in [-0.2, -0.15) is 4.98 Å². The van der Waals surface area contributed by atoms with Crippen LogP contribution in [-0.4, -0.2) is 22.7 Å². The van der Waals surface area contributed by atoms with Gasteiger partial charge < -0.3 is 14.6 Å². The summed E-state index contributed by atoms with van der Waals surface area (Å²) >= 11 is 0. The highest BCUT2D eigenvalue weighted by Crippen LogP contribution is 2.25. The molecule has 1 amide bonds. The third-order valence-corrected chi connectivity index (χ3v) is 4.27. The highest BCUT2D eigenvalue weighted by molar-refractivity contribution is 5.92. The van der Waals surface area contributed by atoms with Crippen molar-refractivity contribution in [2.75, 3.05) is 11.9 Å². The molecule has 0 atom stereocenters. The molecule has 6 heteroatoms. The second-order valence-electron chi connectivity index (χ2n) is 7.22. The van der Waals surface area contributed by atoms with Gasteiger partial charge >= 0.3 is 0 Å². The van der Waals surface area contributed by atoms with Crippen LogP contribution in [0.25, 0.3) is 11.5 Å². The number of hydrogen-bond donors (Lipinski definition) is 1. The number of ether oxygens (including phenoxy) is 1. The van der Waals surface area contributed by atoms with E-state index in [2.05, 4.69) is 29.3 Å². The SMILES string of the molecule is CC(C)c1noc(-c2cccc(OCC(=O)Nc3ccccc3C(C)C)c2)n1. The fourth-order valence-corrected chi connectivity index (χ4v) is 2.76. The van der Waals surface area contributed by atoms with E-state index in [1.54, 1.807) is 12.1 Å². The minimum Gasteiger partial charge on any atom is -0.484 e. The van der Waals surface area contributed by atoms with Crippen molar-refractivity contribution in [1.82, 2.24) is 10.1 Å². The van der Waals surface area contributed by atoms with Crippen molar-refractivity contribution >= 4 is 11.6 Å². The van der Waals surface area contributed by atoms with Crippen LogP contribution >= 0.6 is 0 Å². The maximum absolute atomic E-state index is 12.3. The Morgan fingerprint density at radius 1 is 1.07 bits per heavy atom. The highest BCUT2D eigenvalue weighted by Gasteiger charge is 2.13. The molecule has 146 valence electrons. The Kier molecular flexibility index (Phi) is 6.09. The zero-order valence-electron chi connectivity index (χ0n) is 16.6. The first-order chi connectivity index (χ1) is 13.4. The Morgan fingerprint density at radius 3 is 2.57 bits per heavy atom.